The molecular weight excluding hydrogens is 228 g/mol. The Hall–Kier alpha value is -1.36. The molecule has 0 radical (unpaired) electrons. The van der Waals surface area contributed by atoms with Gasteiger partial charge >= 0.3 is 0 Å². The van der Waals surface area contributed by atoms with Gasteiger partial charge in [-0.3, -0.25) is 9.48 Å². The number of nitrogens with one attached hydrogen (secondary N) is 1. The van der Waals surface area contributed by atoms with Crippen LogP contribution in [0.2, 0.25) is 0 Å². The van der Waals surface area contributed by atoms with Crippen LogP contribution < -0.4 is 11.1 Å². The second-order valence-electron chi connectivity index (χ2n) is 5.20. The average molecular weight is 250 g/mol. The topological polar surface area (TPSA) is 72.9 Å². The maximum absolute atomic E-state index is 12.0. The zero-order chi connectivity index (χ0) is 13.1. The van der Waals surface area contributed by atoms with Gasteiger partial charge in [0.1, 0.15) is 0 Å². The molecule has 0 spiro atoms. The van der Waals surface area contributed by atoms with Gasteiger partial charge in [0.05, 0.1) is 11.3 Å². The van der Waals surface area contributed by atoms with E-state index in [9.17, 15) is 4.79 Å². The lowest BCUT2D eigenvalue weighted by atomic mass is 9.96. The molecule has 1 aromatic rings. The smallest absolute Gasteiger partial charge is 0.254 e. The van der Waals surface area contributed by atoms with Crippen LogP contribution >= 0.6 is 0 Å². The Morgan fingerprint density at radius 2 is 2.28 bits per heavy atom. The molecule has 18 heavy (non-hydrogen) atoms. The molecular formula is C13H22N4O. The number of nitrogens with two attached hydrogens (primary N) is 1. The van der Waals surface area contributed by atoms with Crippen molar-refractivity contribution in [2.45, 2.75) is 26.2 Å². The lowest BCUT2D eigenvalue weighted by Gasteiger charge is -2.18. The van der Waals surface area contributed by atoms with Crippen LogP contribution in [0, 0.1) is 18.8 Å². The maximum Gasteiger partial charge on any atom is 0.254 e. The van der Waals surface area contributed by atoms with E-state index in [1.807, 2.05) is 14.0 Å². The van der Waals surface area contributed by atoms with Crippen LogP contribution in [0.3, 0.4) is 0 Å². The fourth-order valence-corrected chi connectivity index (χ4v) is 2.83. The van der Waals surface area contributed by atoms with E-state index in [-0.39, 0.29) is 5.91 Å². The number of aromatic nitrogens is 2. The molecule has 0 saturated heterocycles. The van der Waals surface area contributed by atoms with Crippen LogP contribution in [0.1, 0.15) is 35.3 Å². The molecule has 1 saturated carbocycles. The number of carbonyl (C=O) groups excluding carboxylic acids is 1. The normalized spacial score (nSPS) is 23.3. The van der Waals surface area contributed by atoms with Gasteiger partial charge in [-0.1, -0.05) is 6.42 Å². The molecule has 1 fully saturated rings. The van der Waals surface area contributed by atoms with Crippen LogP contribution in [0.15, 0.2) is 6.20 Å². The minimum absolute atomic E-state index is 0.0247. The van der Waals surface area contributed by atoms with Crippen LogP contribution in [0.4, 0.5) is 0 Å². The summed E-state index contributed by atoms with van der Waals surface area (Å²) in [6, 6.07) is 0. The second-order valence-corrected chi connectivity index (χ2v) is 5.20. The minimum Gasteiger partial charge on any atom is -0.352 e. The van der Waals surface area contributed by atoms with Gasteiger partial charge in [0.15, 0.2) is 0 Å². The highest BCUT2D eigenvalue weighted by atomic mass is 16.1. The Bertz CT molecular complexity index is 427. The van der Waals surface area contributed by atoms with Crippen molar-refractivity contribution >= 4 is 5.91 Å². The molecule has 5 nitrogen and oxygen atoms in total. The molecule has 2 atom stereocenters. The third kappa shape index (κ3) is 2.72. The van der Waals surface area contributed by atoms with E-state index in [0.29, 0.717) is 17.4 Å². The van der Waals surface area contributed by atoms with Crippen LogP contribution in [-0.4, -0.2) is 28.8 Å². The number of amides is 1. The maximum atomic E-state index is 12.0. The van der Waals surface area contributed by atoms with E-state index >= 15 is 0 Å². The first kappa shape index (κ1) is 13.1. The summed E-state index contributed by atoms with van der Waals surface area (Å²) in [7, 11) is 1.82. The molecule has 0 aromatic carbocycles. The summed E-state index contributed by atoms with van der Waals surface area (Å²) in [4.78, 5) is 12.0. The molecule has 2 unspecified atom stereocenters. The number of nitrogens with zero attached hydrogens (tertiary/aromatic N) is 2. The zero-order valence-corrected chi connectivity index (χ0v) is 11.1. The fraction of sp³-hybridized carbons (Fsp3) is 0.692. The molecule has 1 aliphatic carbocycles. The largest absolute Gasteiger partial charge is 0.352 e. The van der Waals surface area contributed by atoms with Crippen molar-refractivity contribution in [3.8, 4) is 0 Å². The molecule has 3 N–H and O–H groups in total. The van der Waals surface area contributed by atoms with Gasteiger partial charge in [0.2, 0.25) is 0 Å². The van der Waals surface area contributed by atoms with E-state index < -0.39 is 0 Å². The van der Waals surface area contributed by atoms with Crippen molar-refractivity contribution in [3.63, 3.8) is 0 Å². The summed E-state index contributed by atoms with van der Waals surface area (Å²) >= 11 is 0. The lowest BCUT2D eigenvalue weighted by Crippen LogP contribution is -2.33. The Kier molecular flexibility index (Phi) is 4.01. The van der Waals surface area contributed by atoms with Crippen molar-refractivity contribution in [1.82, 2.24) is 15.1 Å². The van der Waals surface area contributed by atoms with Crippen molar-refractivity contribution in [2.24, 2.45) is 24.6 Å². The summed E-state index contributed by atoms with van der Waals surface area (Å²) in [6.07, 6.45) is 5.37. The zero-order valence-electron chi connectivity index (χ0n) is 11.1. The highest BCUT2D eigenvalue weighted by Gasteiger charge is 2.26. The van der Waals surface area contributed by atoms with Gasteiger partial charge in [-0.05, 0) is 38.1 Å². The van der Waals surface area contributed by atoms with E-state index in [4.69, 9.17) is 5.73 Å². The van der Waals surface area contributed by atoms with Gasteiger partial charge in [0.25, 0.3) is 5.91 Å². The molecule has 2 rings (SSSR count). The monoisotopic (exact) mass is 250 g/mol. The molecule has 5 heteroatoms. The number of hydrogen-bond acceptors (Lipinski definition) is 3. The van der Waals surface area contributed by atoms with Crippen molar-refractivity contribution in [3.05, 3.63) is 17.5 Å². The summed E-state index contributed by atoms with van der Waals surface area (Å²) in [6.45, 7) is 3.31. The number of carbonyl (C=O) groups is 1. The Morgan fingerprint density at radius 1 is 1.56 bits per heavy atom. The van der Waals surface area contributed by atoms with Crippen LogP contribution in [0.5, 0.6) is 0 Å². The summed E-state index contributed by atoms with van der Waals surface area (Å²) < 4.78 is 1.67. The van der Waals surface area contributed by atoms with Crippen LogP contribution in [0.25, 0.3) is 0 Å². The highest BCUT2D eigenvalue weighted by molar-refractivity contribution is 5.94. The molecule has 1 amide bonds. The Labute approximate surface area is 108 Å². The fourth-order valence-electron chi connectivity index (χ4n) is 2.83. The molecule has 1 heterocycles. The number of rotatable bonds is 4. The van der Waals surface area contributed by atoms with Gasteiger partial charge < -0.3 is 11.1 Å². The number of hydrogen-bond donors (Lipinski definition) is 2. The van der Waals surface area contributed by atoms with Gasteiger partial charge in [-0.15, -0.1) is 0 Å². The minimum atomic E-state index is -0.0247. The first-order chi connectivity index (χ1) is 8.61. The molecule has 0 bridgehead atoms. The van der Waals surface area contributed by atoms with E-state index in [1.54, 1.807) is 10.9 Å². The summed E-state index contributed by atoms with van der Waals surface area (Å²) in [5.74, 6) is 1.08. The first-order valence-electron chi connectivity index (χ1n) is 6.60. The van der Waals surface area contributed by atoms with E-state index in [1.165, 1.54) is 19.3 Å². The quantitative estimate of drug-likeness (QED) is 0.831. The highest BCUT2D eigenvalue weighted by Crippen LogP contribution is 2.30. The Balaban J connectivity index is 1.90. The summed E-state index contributed by atoms with van der Waals surface area (Å²) in [5.41, 5.74) is 7.18. The third-order valence-corrected chi connectivity index (χ3v) is 3.90. The molecule has 1 aliphatic rings. The van der Waals surface area contributed by atoms with E-state index in [0.717, 1.165) is 18.8 Å². The van der Waals surface area contributed by atoms with Crippen molar-refractivity contribution < 1.29 is 4.79 Å². The average Bonchev–Trinajstić information content (AvgIpc) is 2.92. The SMILES string of the molecule is Cc1nn(C)cc1C(=O)NCC1CCCC1CN. The second kappa shape index (κ2) is 5.52. The molecule has 100 valence electrons. The predicted molar refractivity (Wildman–Crippen MR) is 70.2 cm³/mol. The van der Waals surface area contributed by atoms with Gasteiger partial charge in [-0.2, -0.15) is 5.10 Å². The van der Waals surface area contributed by atoms with E-state index in [2.05, 4.69) is 10.4 Å². The molecule has 1 aromatic heterocycles. The summed E-state index contributed by atoms with van der Waals surface area (Å²) in [5, 5.41) is 7.19. The predicted octanol–water partition coefficient (Wildman–Crippen LogP) is 0.833. The molecule has 0 aliphatic heterocycles. The Morgan fingerprint density at radius 3 is 2.89 bits per heavy atom. The van der Waals surface area contributed by atoms with Crippen molar-refractivity contribution in [1.29, 1.82) is 0 Å². The lowest BCUT2D eigenvalue weighted by molar-refractivity contribution is 0.0943. The standard InChI is InChI=1S/C13H22N4O/c1-9-12(8-17(2)16-9)13(18)15-7-11-5-3-4-10(11)6-14/h8,10-11H,3-7,14H2,1-2H3,(H,15,18). The number of aryl methyl sites for hydroxylation is 2. The first-order valence-corrected chi connectivity index (χ1v) is 6.60. The third-order valence-electron chi connectivity index (χ3n) is 3.90. The van der Waals surface area contributed by atoms with Crippen molar-refractivity contribution in [2.75, 3.05) is 13.1 Å². The van der Waals surface area contributed by atoms with Gasteiger partial charge in [-0.25, -0.2) is 0 Å². The van der Waals surface area contributed by atoms with Gasteiger partial charge in [0, 0.05) is 19.8 Å². The van der Waals surface area contributed by atoms with Crippen LogP contribution in [-0.2, 0) is 7.05 Å².